The number of carbonyl (C=O) groups is 1. The largest absolute Gasteiger partial charge is 0.481 e. The highest BCUT2D eigenvalue weighted by Gasteiger charge is 2.27. The minimum absolute atomic E-state index is 0.0927. The van der Waals surface area contributed by atoms with Gasteiger partial charge in [0.2, 0.25) is 0 Å². The van der Waals surface area contributed by atoms with Crippen LogP contribution in [0.4, 0.5) is 0 Å². The summed E-state index contributed by atoms with van der Waals surface area (Å²) >= 11 is 3.38. The van der Waals surface area contributed by atoms with E-state index in [2.05, 4.69) is 22.9 Å². The lowest BCUT2D eigenvalue weighted by atomic mass is 10.0. The van der Waals surface area contributed by atoms with Gasteiger partial charge in [0.15, 0.2) is 6.10 Å². The van der Waals surface area contributed by atoms with Crippen LogP contribution in [0.2, 0.25) is 0 Å². The number of benzene rings is 1. The maximum atomic E-state index is 12.4. The van der Waals surface area contributed by atoms with E-state index in [4.69, 9.17) is 4.74 Å². The molecule has 0 aromatic heterocycles. The SMILES string of the molecule is CC(Oc1ccc(Br)cc1)C(=O)N1CCCCC1C. The molecule has 1 fully saturated rings. The Morgan fingerprint density at radius 1 is 1.37 bits per heavy atom. The van der Waals surface area contributed by atoms with Crippen LogP contribution in [0.3, 0.4) is 0 Å². The van der Waals surface area contributed by atoms with E-state index < -0.39 is 6.10 Å². The van der Waals surface area contributed by atoms with Gasteiger partial charge < -0.3 is 9.64 Å². The molecule has 0 radical (unpaired) electrons. The van der Waals surface area contributed by atoms with E-state index >= 15 is 0 Å². The van der Waals surface area contributed by atoms with Crippen LogP contribution in [-0.4, -0.2) is 29.5 Å². The minimum atomic E-state index is -0.429. The van der Waals surface area contributed by atoms with Gasteiger partial charge in [-0.15, -0.1) is 0 Å². The third kappa shape index (κ3) is 3.72. The van der Waals surface area contributed by atoms with Crippen molar-refractivity contribution in [2.45, 2.75) is 45.3 Å². The van der Waals surface area contributed by atoms with Crippen LogP contribution in [0, 0.1) is 0 Å². The van der Waals surface area contributed by atoms with E-state index in [-0.39, 0.29) is 5.91 Å². The second-order valence-corrected chi connectivity index (χ2v) is 6.01. The maximum Gasteiger partial charge on any atom is 0.263 e. The highest BCUT2D eigenvalue weighted by atomic mass is 79.9. The molecule has 0 spiro atoms. The number of halogens is 1. The number of likely N-dealkylation sites (tertiary alicyclic amines) is 1. The van der Waals surface area contributed by atoms with Crippen molar-refractivity contribution in [3.8, 4) is 5.75 Å². The highest BCUT2D eigenvalue weighted by molar-refractivity contribution is 9.10. The molecule has 3 nitrogen and oxygen atoms in total. The summed E-state index contributed by atoms with van der Waals surface area (Å²) in [5, 5.41) is 0. The van der Waals surface area contributed by atoms with Crippen molar-refractivity contribution in [3.05, 3.63) is 28.7 Å². The molecule has 1 aliphatic rings. The number of carbonyl (C=O) groups excluding carboxylic acids is 1. The smallest absolute Gasteiger partial charge is 0.263 e. The third-order valence-corrected chi connectivity index (χ3v) is 4.09. The molecule has 0 aliphatic carbocycles. The summed E-state index contributed by atoms with van der Waals surface area (Å²) in [7, 11) is 0. The average molecular weight is 326 g/mol. The molecule has 4 heteroatoms. The molecule has 0 bridgehead atoms. The van der Waals surface area contributed by atoms with Crippen LogP contribution in [-0.2, 0) is 4.79 Å². The van der Waals surface area contributed by atoms with Gasteiger partial charge in [-0.05, 0) is 57.4 Å². The summed E-state index contributed by atoms with van der Waals surface area (Å²) in [4.78, 5) is 14.3. The lowest BCUT2D eigenvalue weighted by Crippen LogP contribution is -2.47. The van der Waals surface area contributed by atoms with Crippen LogP contribution in [0.5, 0.6) is 5.75 Å². The molecule has 1 aliphatic heterocycles. The van der Waals surface area contributed by atoms with E-state index in [1.165, 1.54) is 6.42 Å². The summed E-state index contributed by atoms with van der Waals surface area (Å²) in [5.74, 6) is 0.823. The van der Waals surface area contributed by atoms with Crippen molar-refractivity contribution >= 4 is 21.8 Å². The molecule has 1 aromatic rings. The Balaban J connectivity index is 1.96. The molecule has 19 heavy (non-hydrogen) atoms. The molecule has 0 N–H and O–H groups in total. The summed E-state index contributed by atoms with van der Waals surface area (Å²) in [5.41, 5.74) is 0. The van der Waals surface area contributed by atoms with Crippen molar-refractivity contribution in [1.29, 1.82) is 0 Å². The minimum Gasteiger partial charge on any atom is -0.481 e. The zero-order valence-electron chi connectivity index (χ0n) is 11.4. The molecule has 1 amide bonds. The fraction of sp³-hybridized carbons (Fsp3) is 0.533. The van der Waals surface area contributed by atoms with Gasteiger partial charge in [-0.25, -0.2) is 0 Å². The third-order valence-electron chi connectivity index (χ3n) is 3.56. The quantitative estimate of drug-likeness (QED) is 0.849. The van der Waals surface area contributed by atoms with Crippen molar-refractivity contribution in [2.24, 2.45) is 0 Å². The summed E-state index contributed by atoms with van der Waals surface area (Å²) in [6.45, 7) is 4.79. The van der Waals surface area contributed by atoms with Crippen LogP contribution in [0.1, 0.15) is 33.1 Å². The van der Waals surface area contributed by atoms with Crippen LogP contribution < -0.4 is 4.74 Å². The van der Waals surface area contributed by atoms with E-state index in [1.54, 1.807) is 0 Å². The molecule has 2 rings (SSSR count). The Labute approximate surface area is 123 Å². The standard InChI is InChI=1S/C15H20BrNO2/c1-11-5-3-4-10-17(11)15(18)12(2)19-14-8-6-13(16)7-9-14/h6-9,11-12H,3-5,10H2,1-2H3. The number of hydrogen-bond donors (Lipinski definition) is 0. The molecule has 2 unspecified atom stereocenters. The number of hydrogen-bond acceptors (Lipinski definition) is 2. The summed E-state index contributed by atoms with van der Waals surface area (Å²) < 4.78 is 6.72. The van der Waals surface area contributed by atoms with Crippen molar-refractivity contribution in [3.63, 3.8) is 0 Å². The Hall–Kier alpha value is -1.03. The lowest BCUT2D eigenvalue weighted by molar-refractivity contribution is -0.141. The predicted molar refractivity (Wildman–Crippen MR) is 79.3 cm³/mol. The monoisotopic (exact) mass is 325 g/mol. The average Bonchev–Trinajstić information content (AvgIpc) is 2.41. The highest BCUT2D eigenvalue weighted by Crippen LogP contribution is 2.20. The number of piperidine rings is 1. The number of ether oxygens (including phenoxy) is 1. The van der Waals surface area contributed by atoms with Gasteiger partial charge >= 0.3 is 0 Å². The van der Waals surface area contributed by atoms with Gasteiger partial charge in [0, 0.05) is 17.1 Å². The van der Waals surface area contributed by atoms with Gasteiger partial charge in [0.1, 0.15) is 5.75 Å². The fourth-order valence-electron chi connectivity index (χ4n) is 2.43. The lowest BCUT2D eigenvalue weighted by Gasteiger charge is -2.35. The Kier molecular flexibility index (Phi) is 4.86. The predicted octanol–water partition coefficient (Wildman–Crippen LogP) is 3.62. The van der Waals surface area contributed by atoms with E-state index in [1.807, 2.05) is 36.1 Å². The molecule has 2 atom stereocenters. The second-order valence-electron chi connectivity index (χ2n) is 5.09. The first-order valence-electron chi connectivity index (χ1n) is 6.80. The molecule has 1 aromatic carbocycles. The Morgan fingerprint density at radius 2 is 2.05 bits per heavy atom. The normalized spacial score (nSPS) is 21.0. The van der Waals surface area contributed by atoms with E-state index in [9.17, 15) is 4.79 Å². The Bertz CT molecular complexity index is 432. The first kappa shape index (κ1) is 14.4. The fourth-order valence-corrected chi connectivity index (χ4v) is 2.69. The summed E-state index contributed by atoms with van der Waals surface area (Å²) in [6.07, 6.45) is 2.98. The van der Waals surface area contributed by atoms with Gasteiger partial charge in [0.25, 0.3) is 5.91 Å². The van der Waals surface area contributed by atoms with Crippen LogP contribution in [0.25, 0.3) is 0 Å². The van der Waals surface area contributed by atoms with E-state index in [0.29, 0.717) is 6.04 Å². The molecule has 1 saturated heterocycles. The van der Waals surface area contributed by atoms with Crippen molar-refractivity contribution in [2.75, 3.05) is 6.54 Å². The van der Waals surface area contributed by atoms with Crippen LogP contribution in [0.15, 0.2) is 28.7 Å². The van der Waals surface area contributed by atoms with Gasteiger partial charge in [-0.3, -0.25) is 4.79 Å². The van der Waals surface area contributed by atoms with Gasteiger partial charge in [-0.2, -0.15) is 0 Å². The number of nitrogens with zero attached hydrogens (tertiary/aromatic N) is 1. The zero-order chi connectivity index (χ0) is 13.8. The first-order chi connectivity index (χ1) is 9.08. The van der Waals surface area contributed by atoms with Crippen molar-refractivity contribution < 1.29 is 9.53 Å². The molecular formula is C15H20BrNO2. The topological polar surface area (TPSA) is 29.5 Å². The molecule has 0 saturated carbocycles. The Morgan fingerprint density at radius 3 is 2.68 bits per heavy atom. The molecule has 104 valence electrons. The zero-order valence-corrected chi connectivity index (χ0v) is 13.0. The van der Waals surface area contributed by atoms with E-state index in [0.717, 1.165) is 29.6 Å². The number of rotatable bonds is 3. The van der Waals surface area contributed by atoms with Crippen LogP contribution >= 0.6 is 15.9 Å². The van der Waals surface area contributed by atoms with Gasteiger partial charge in [-0.1, -0.05) is 15.9 Å². The van der Waals surface area contributed by atoms with Crippen molar-refractivity contribution in [1.82, 2.24) is 4.90 Å². The molecule has 1 heterocycles. The molecular weight excluding hydrogens is 306 g/mol. The number of amides is 1. The maximum absolute atomic E-state index is 12.4. The first-order valence-corrected chi connectivity index (χ1v) is 7.60. The second kappa shape index (κ2) is 6.42. The summed E-state index contributed by atoms with van der Waals surface area (Å²) in [6, 6.07) is 7.89. The van der Waals surface area contributed by atoms with Gasteiger partial charge in [0.05, 0.1) is 0 Å².